The quantitative estimate of drug-likeness (QED) is 0.912. The molecule has 21 heavy (non-hydrogen) atoms. The summed E-state index contributed by atoms with van der Waals surface area (Å²) in [7, 11) is -3.76. The fraction of sp³-hybridized carbons (Fsp3) is 0.133. The maximum absolute atomic E-state index is 12.3. The molecule has 0 bridgehead atoms. The zero-order valence-electron chi connectivity index (χ0n) is 11.6. The Morgan fingerprint density at radius 1 is 1.10 bits per heavy atom. The number of benzene rings is 2. The average Bonchev–Trinajstić information content (AvgIpc) is 2.48. The van der Waals surface area contributed by atoms with Crippen molar-refractivity contribution in [3.8, 4) is 11.8 Å². The van der Waals surface area contributed by atoms with E-state index in [1.54, 1.807) is 26.0 Å². The molecule has 2 aromatic carbocycles. The number of aryl methyl sites for hydroxylation is 1. The first-order chi connectivity index (χ1) is 9.85. The Bertz CT molecular complexity index is 819. The second-order valence-electron chi connectivity index (χ2n) is 4.65. The van der Waals surface area contributed by atoms with E-state index in [2.05, 4.69) is 4.72 Å². The molecule has 0 amide bonds. The van der Waals surface area contributed by atoms with E-state index in [0.717, 1.165) is 0 Å². The Labute approximate surface area is 123 Å². The Morgan fingerprint density at radius 3 is 2.29 bits per heavy atom. The van der Waals surface area contributed by atoms with Crippen LogP contribution in [0.4, 0.5) is 5.69 Å². The Morgan fingerprint density at radius 2 is 1.71 bits per heavy atom. The van der Waals surface area contributed by atoms with Crippen molar-refractivity contribution in [2.75, 3.05) is 4.72 Å². The largest absolute Gasteiger partial charge is 0.507 e. The number of sulfonamides is 1. The first-order valence-corrected chi connectivity index (χ1v) is 7.65. The zero-order chi connectivity index (χ0) is 15.6. The van der Waals surface area contributed by atoms with Crippen molar-refractivity contribution in [3.63, 3.8) is 0 Å². The van der Waals surface area contributed by atoms with Gasteiger partial charge in [-0.15, -0.1) is 0 Å². The SMILES string of the molecule is Cc1ccc(NS(=O)(=O)c2ccc(C#N)cc2)c(C)c1O. The van der Waals surface area contributed by atoms with Crippen molar-refractivity contribution in [1.29, 1.82) is 5.26 Å². The monoisotopic (exact) mass is 302 g/mol. The summed E-state index contributed by atoms with van der Waals surface area (Å²) in [6.45, 7) is 3.38. The topological polar surface area (TPSA) is 90.2 Å². The molecule has 2 aromatic rings. The Kier molecular flexibility index (Phi) is 3.87. The minimum absolute atomic E-state index is 0.0564. The second kappa shape index (κ2) is 5.46. The van der Waals surface area contributed by atoms with Crippen LogP contribution in [0.1, 0.15) is 16.7 Å². The standard InChI is InChI=1S/C15H14N2O3S/c1-10-3-8-14(11(2)15(10)18)17-21(19,20)13-6-4-12(9-16)5-7-13/h3-8,17-18H,1-2H3. The smallest absolute Gasteiger partial charge is 0.261 e. The molecule has 6 heteroatoms. The highest BCUT2D eigenvalue weighted by Crippen LogP contribution is 2.29. The van der Waals surface area contributed by atoms with Gasteiger partial charge in [-0.3, -0.25) is 4.72 Å². The van der Waals surface area contributed by atoms with E-state index in [1.165, 1.54) is 24.3 Å². The van der Waals surface area contributed by atoms with E-state index in [9.17, 15) is 13.5 Å². The van der Waals surface area contributed by atoms with Crippen molar-refractivity contribution in [3.05, 3.63) is 53.1 Å². The number of hydrogen-bond acceptors (Lipinski definition) is 4. The van der Waals surface area contributed by atoms with Gasteiger partial charge >= 0.3 is 0 Å². The Hall–Kier alpha value is -2.52. The maximum Gasteiger partial charge on any atom is 0.261 e. The van der Waals surface area contributed by atoms with Crippen molar-refractivity contribution in [2.24, 2.45) is 0 Å². The van der Waals surface area contributed by atoms with Gasteiger partial charge in [0.15, 0.2) is 0 Å². The molecule has 2 N–H and O–H groups in total. The molecular formula is C15H14N2O3S. The number of rotatable bonds is 3. The minimum atomic E-state index is -3.76. The molecule has 0 aliphatic heterocycles. The van der Waals surface area contributed by atoms with E-state index in [4.69, 9.17) is 5.26 Å². The van der Waals surface area contributed by atoms with Crippen LogP contribution in [0.15, 0.2) is 41.3 Å². The summed E-state index contributed by atoms with van der Waals surface area (Å²) in [5.74, 6) is 0.0648. The molecular weight excluding hydrogens is 288 g/mol. The molecule has 0 saturated heterocycles. The molecule has 0 aliphatic rings. The maximum atomic E-state index is 12.3. The third-order valence-corrected chi connectivity index (χ3v) is 4.55. The van der Waals surface area contributed by atoms with Gasteiger partial charge in [-0.2, -0.15) is 5.26 Å². The van der Waals surface area contributed by atoms with Crippen LogP contribution in [0.5, 0.6) is 5.75 Å². The summed E-state index contributed by atoms with van der Waals surface area (Å²) in [5, 5.41) is 18.6. The molecule has 108 valence electrons. The molecule has 0 spiro atoms. The fourth-order valence-electron chi connectivity index (χ4n) is 1.86. The number of nitrogens with one attached hydrogen (secondary N) is 1. The van der Waals surface area contributed by atoms with Gasteiger partial charge in [0.25, 0.3) is 10.0 Å². The lowest BCUT2D eigenvalue weighted by Crippen LogP contribution is -2.13. The predicted molar refractivity (Wildman–Crippen MR) is 79.5 cm³/mol. The summed E-state index contributed by atoms with van der Waals surface area (Å²) in [5.41, 5.74) is 1.85. The molecule has 0 fully saturated rings. The van der Waals surface area contributed by atoms with Gasteiger partial charge in [-0.05, 0) is 49.7 Å². The van der Waals surface area contributed by atoms with Crippen molar-refractivity contribution < 1.29 is 13.5 Å². The van der Waals surface area contributed by atoms with Gasteiger partial charge in [0.1, 0.15) is 5.75 Å². The third-order valence-electron chi connectivity index (χ3n) is 3.17. The highest BCUT2D eigenvalue weighted by molar-refractivity contribution is 7.92. The lowest BCUT2D eigenvalue weighted by molar-refractivity contribution is 0.467. The molecule has 0 aliphatic carbocycles. The van der Waals surface area contributed by atoms with Gasteiger partial charge in [0.05, 0.1) is 22.2 Å². The molecule has 5 nitrogen and oxygen atoms in total. The summed E-state index contributed by atoms with van der Waals surface area (Å²) in [6.07, 6.45) is 0. The van der Waals surface area contributed by atoms with Crippen LogP contribution in [-0.2, 0) is 10.0 Å². The molecule has 0 atom stereocenters. The molecule has 0 heterocycles. The number of hydrogen-bond donors (Lipinski definition) is 2. The summed E-state index contributed by atoms with van der Waals surface area (Å²) >= 11 is 0. The van der Waals surface area contributed by atoms with Gasteiger partial charge < -0.3 is 5.11 Å². The van der Waals surface area contributed by atoms with Crippen LogP contribution in [0.3, 0.4) is 0 Å². The van der Waals surface area contributed by atoms with Crippen LogP contribution in [0, 0.1) is 25.2 Å². The first kappa shape index (κ1) is 14.9. The Balaban J connectivity index is 2.38. The van der Waals surface area contributed by atoms with Crippen LogP contribution >= 0.6 is 0 Å². The van der Waals surface area contributed by atoms with Gasteiger partial charge in [-0.1, -0.05) is 6.07 Å². The summed E-state index contributed by atoms with van der Waals surface area (Å²) < 4.78 is 27.0. The molecule has 0 radical (unpaired) electrons. The average molecular weight is 302 g/mol. The number of anilines is 1. The molecule has 0 aromatic heterocycles. The highest BCUT2D eigenvalue weighted by Gasteiger charge is 2.16. The van der Waals surface area contributed by atoms with Crippen LogP contribution in [0.2, 0.25) is 0 Å². The van der Waals surface area contributed by atoms with E-state index in [0.29, 0.717) is 22.4 Å². The normalized spacial score (nSPS) is 10.9. The van der Waals surface area contributed by atoms with E-state index in [-0.39, 0.29) is 10.6 Å². The first-order valence-electron chi connectivity index (χ1n) is 6.17. The van der Waals surface area contributed by atoms with Crippen molar-refractivity contribution in [1.82, 2.24) is 0 Å². The molecule has 0 unspecified atom stereocenters. The summed E-state index contributed by atoms with van der Waals surface area (Å²) in [6, 6.07) is 10.8. The van der Waals surface area contributed by atoms with Crippen LogP contribution < -0.4 is 4.72 Å². The third kappa shape index (κ3) is 2.98. The number of phenolic OH excluding ortho intramolecular Hbond substituents is 1. The minimum Gasteiger partial charge on any atom is -0.507 e. The molecule has 2 rings (SSSR count). The zero-order valence-corrected chi connectivity index (χ0v) is 12.4. The predicted octanol–water partition coefficient (Wildman–Crippen LogP) is 2.68. The lowest BCUT2D eigenvalue weighted by atomic mass is 10.1. The number of aromatic hydroxyl groups is 1. The van der Waals surface area contributed by atoms with E-state index in [1.807, 2.05) is 6.07 Å². The second-order valence-corrected chi connectivity index (χ2v) is 6.33. The van der Waals surface area contributed by atoms with Gasteiger partial charge in [0.2, 0.25) is 0 Å². The molecule has 0 saturated carbocycles. The lowest BCUT2D eigenvalue weighted by Gasteiger charge is -2.12. The van der Waals surface area contributed by atoms with E-state index >= 15 is 0 Å². The van der Waals surface area contributed by atoms with Crippen LogP contribution in [-0.4, -0.2) is 13.5 Å². The number of nitriles is 1. The number of phenols is 1. The van der Waals surface area contributed by atoms with Crippen molar-refractivity contribution >= 4 is 15.7 Å². The summed E-state index contributed by atoms with van der Waals surface area (Å²) in [4.78, 5) is 0.0564. The van der Waals surface area contributed by atoms with Gasteiger partial charge in [-0.25, -0.2) is 8.42 Å². The van der Waals surface area contributed by atoms with Crippen molar-refractivity contribution in [2.45, 2.75) is 18.7 Å². The highest BCUT2D eigenvalue weighted by atomic mass is 32.2. The van der Waals surface area contributed by atoms with Crippen LogP contribution in [0.25, 0.3) is 0 Å². The number of nitrogens with zero attached hydrogens (tertiary/aromatic N) is 1. The fourth-order valence-corrected chi connectivity index (χ4v) is 2.98. The van der Waals surface area contributed by atoms with Gasteiger partial charge in [0, 0.05) is 5.56 Å². The van der Waals surface area contributed by atoms with E-state index < -0.39 is 10.0 Å².